The van der Waals surface area contributed by atoms with Gasteiger partial charge in [-0.25, -0.2) is 9.99 Å². The topological polar surface area (TPSA) is 111 Å². The summed E-state index contributed by atoms with van der Waals surface area (Å²) in [4.78, 5) is 28.7. The molecule has 1 aliphatic rings. The summed E-state index contributed by atoms with van der Waals surface area (Å²) < 4.78 is 16.1. The summed E-state index contributed by atoms with van der Waals surface area (Å²) in [5, 5.41) is 16.1. The maximum atomic E-state index is 13.2. The SMILES string of the molecule is COc1ccc(C2=NN(C(=O)CCCC(=O)O)[C@@H](c3cc4ccc(OC)cc4nc3Cl)C2)c(OC)c1. The van der Waals surface area contributed by atoms with Crippen LogP contribution in [0.4, 0.5) is 0 Å². The molecule has 0 spiro atoms. The van der Waals surface area contributed by atoms with Crippen LogP contribution in [-0.4, -0.2) is 54.0 Å². The lowest BCUT2D eigenvalue weighted by molar-refractivity contribution is -0.137. The van der Waals surface area contributed by atoms with Gasteiger partial charge in [0.25, 0.3) is 0 Å². The van der Waals surface area contributed by atoms with Gasteiger partial charge in [0.05, 0.1) is 38.6 Å². The van der Waals surface area contributed by atoms with Crippen molar-refractivity contribution in [2.45, 2.75) is 31.7 Å². The standard InChI is InChI=1S/C26H26ClN3O6/c1-34-16-8-7-15-11-19(26(27)28-20(15)12-16)22-14-21(18-10-9-17(35-2)13-23(18)36-3)29-30(22)24(31)5-4-6-25(32)33/h7-13,22H,4-6,14H2,1-3H3,(H,32,33)/t22-/m1/s1. The second-order valence-electron chi connectivity index (χ2n) is 8.25. The highest BCUT2D eigenvalue weighted by Gasteiger charge is 2.35. The molecule has 1 amide bonds. The number of fused-ring (bicyclic) bond motifs is 1. The van der Waals surface area contributed by atoms with Crippen LogP contribution < -0.4 is 14.2 Å². The normalized spacial score (nSPS) is 15.1. The first-order valence-electron chi connectivity index (χ1n) is 11.3. The van der Waals surface area contributed by atoms with Crippen molar-refractivity contribution in [2.75, 3.05) is 21.3 Å². The Morgan fingerprint density at radius 1 is 1.03 bits per heavy atom. The number of aliphatic carboxylic acids is 1. The van der Waals surface area contributed by atoms with E-state index in [2.05, 4.69) is 10.1 Å². The Balaban J connectivity index is 1.74. The van der Waals surface area contributed by atoms with Crippen molar-refractivity contribution < 1.29 is 28.9 Å². The van der Waals surface area contributed by atoms with Crippen molar-refractivity contribution >= 4 is 40.1 Å². The van der Waals surface area contributed by atoms with E-state index < -0.39 is 12.0 Å². The number of rotatable bonds is 9. The molecule has 3 aromatic rings. The number of carbonyl (C=O) groups excluding carboxylic acids is 1. The molecule has 2 heterocycles. The molecule has 0 unspecified atom stereocenters. The maximum Gasteiger partial charge on any atom is 0.303 e. The van der Waals surface area contributed by atoms with Gasteiger partial charge < -0.3 is 19.3 Å². The first-order valence-corrected chi connectivity index (χ1v) is 11.7. The molecule has 36 heavy (non-hydrogen) atoms. The minimum absolute atomic E-state index is 0.0369. The third-order valence-electron chi connectivity index (χ3n) is 6.03. The van der Waals surface area contributed by atoms with Crippen LogP contribution in [0.5, 0.6) is 17.2 Å². The number of carboxylic acids is 1. The van der Waals surface area contributed by atoms with E-state index >= 15 is 0 Å². The van der Waals surface area contributed by atoms with Gasteiger partial charge in [0.1, 0.15) is 22.4 Å². The van der Waals surface area contributed by atoms with E-state index in [9.17, 15) is 9.59 Å². The number of amides is 1. The molecule has 0 fully saturated rings. The number of pyridine rings is 1. The molecule has 0 radical (unpaired) electrons. The Bertz CT molecular complexity index is 1340. The number of carbonyl (C=O) groups is 2. The van der Waals surface area contributed by atoms with E-state index in [0.717, 1.165) is 10.9 Å². The Hall–Kier alpha value is -3.85. The van der Waals surface area contributed by atoms with Gasteiger partial charge in [-0.15, -0.1) is 0 Å². The van der Waals surface area contributed by atoms with Crippen molar-refractivity contribution in [3.8, 4) is 17.2 Å². The van der Waals surface area contributed by atoms with Crippen LogP contribution in [0.3, 0.4) is 0 Å². The molecular formula is C26H26ClN3O6. The molecule has 4 rings (SSSR count). The van der Waals surface area contributed by atoms with Gasteiger partial charge in [0, 0.05) is 47.9 Å². The first kappa shape index (κ1) is 25.2. The third-order valence-corrected chi connectivity index (χ3v) is 6.33. The number of hydrogen-bond acceptors (Lipinski definition) is 7. The largest absolute Gasteiger partial charge is 0.497 e. The minimum Gasteiger partial charge on any atom is -0.497 e. The number of methoxy groups -OCH3 is 3. The molecule has 2 aromatic carbocycles. The lowest BCUT2D eigenvalue weighted by atomic mass is 9.97. The molecule has 0 saturated heterocycles. The molecule has 1 aliphatic heterocycles. The fourth-order valence-corrected chi connectivity index (χ4v) is 4.46. The highest BCUT2D eigenvalue weighted by atomic mass is 35.5. The fraction of sp³-hybridized carbons (Fsp3) is 0.308. The van der Waals surface area contributed by atoms with E-state index in [1.807, 2.05) is 24.3 Å². The van der Waals surface area contributed by atoms with E-state index in [1.165, 1.54) is 5.01 Å². The molecule has 0 bridgehead atoms. The van der Waals surface area contributed by atoms with Gasteiger partial charge in [-0.05, 0) is 36.8 Å². The highest BCUT2D eigenvalue weighted by Crippen LogP contribution is 2.39. The van der Waals surface area contributed by atoms with Gasteiger partial charge >= 0.3 is 5.97 Å². The molecule has 1 atom stereocenters. The minimum atomic E-state index is -0.954. The summed E-state index contributed by atoms with van der Waals surface area (Å²) in [7, 11) is 4.70. The number of hydrogen-bond donors (Lipinski definition) is 1. The monoisotopic (exact) mass is 511 g/mol. The molecule has 1 N–H and O–H groups in total. The average Bonchev–Trinajstić information content (AvgIpc) is 3.32. The van der Waals surface area contributed by atoms with Crippen molar-refractivity contribution in [2.24, 2.45) is 5.10 Å². The molecule has 9 nitrogen and oxygen atoms in total. The van der Waals surface area contributed by atoms with E-state index in [4.69, 9.17) is 30.9 Å². The summed E-state index contributed by atoms with van der Waals surface area (Å²) in [6, 6.07) is 12.3. The van der Waals surface area contributed by atoms with Gasteiger partial charge in [0.15, 0.2) is 0 Å². The predicted molar refractivity (Wildman–Crippen MR) is 135 cm³/mol. The van der Waals surface area contributed by atoms with Crippen molar-refractivity contribution in [1.29, 1.82) is 0 Å². The van der Waals surface area contributed by atoms with Gasteiger partial charge in [0.2, 0.25) is 5.91 Å². The Labute approximate surface area is 213 Å². The van der Waals surface area contributed by atoms with Crippen LogP contribution in [0.25, 0.3) is 10.9 Å². The van der Waals surface area contributed by atoms with Crippen LogP contribution in [0, 0.1) is 0 Å². The molecule has 188 valence electrons. The maximum absolute atomic E-state index is 13.2. The van der Waals surface area contributed by atoms with Crippen LogP contribution in [0.15, 0.2) is 47.6 Å². The number of nitrogens with zero attached hydrogens (tertiary/aromatic N) is 3. The van der Waals surface area contributed by atoms with Crippen molar-refractivity contribution in [1.82, 2.24) is 9.99 Å². The lowest BCUT2D eigenvalue weighted by Gasteiger charge is -2.23. The predicted octanol–water partition coefficient (Wildman–Crippen LogP) is 4.85. The van der Waals surface area contributed by atoms with Gasteiger partial charge in [-0.2, -0.15) is 5.10 Å². The average molecular weight is 512 g/mol. The zero-order valence-electron chi connectivity index (χ0n) is 20.2. The molecule has 0 aliphatic carbocycles. The Morgan fingerprint density at radius 2 is 1.75 bits per heavy atom. The quantitative estimate of drug-likeness (QED) is 0.409. The van der Waals surface area contributed by atoms with E-state index in [1.54, 1.807) is 39.5 Å². The van der Waals surface area contributed by atoms with Crippen molar-refractivity contribution in [3.05, 3.63) is 58.7 Å². The zero-order valence-corrected chi connectivity index (χ0v) is 20.9. The third kappa shape index (κ3) is 5.21. The molecule has 1 aromatic heterocycles. The highest BCUT2D eigenvalue weighted by molar-refractivity contribution is 6.30. The van der Waals surface area contributed by atoms with Crippen molar-refractivity contribution in [3.63, 3.8) is 0 Å². The van der Waals surface area contributed by atoms with Crippen LogP contribution in [0.2, 0.25) is 5.15 Å². The summed E-state index contributed by atoms with van der Waals surface area (Å²) >= 11 is 6.63. The van der Waals surface area contributed by atoms with Gasteiger partial charge in [-0.1, -0.05) is 11.6 Å². The molecular weight excluding hydrogens is 486 g/mol. The lowest BCUT2D eigenvalue weighted by Crippen LogP contribution is -2.27. The molecule has 0 saturated carbocycles. The van der Waals surface area contributed by atoms with E-state index in [0.29, 0.717) is 40.5 Å². The summed E-state index contributed by atoms with van der Waals surface area (Å²) in [6.07, 6.45) is 0.510. The number of halogens is 1. The first-order chi connectivity index (χ1) is 17.3. The van der Waals surface area contributed by atoms with Crippen LogP contribution >= 0.6 is 11.6 Å². The summed E-state index contributed by atoms with van der Waals surface area (Å²) in [5.74, 6) is 0.596. The second kappa shape index (κ2) is 10.8. The summed E-state index contributed by atoms with van der Waals surface area (Å²) in [6.45, 7) is 0. The number of ether oxygens (including phenoxy) is 3. The Kier molecular flexibility index (Phi) is 7.59. The summed E-state index contributed by atoms with van der Waals surface area (Å²) in [5.41, 5.74) is 2.67. The number of carboxylic acid groups (broad SMARTS) is 1. The number of aromatic nitrogens is 1. The second-order valence-corrected chi connectivity index (χ2v) is 8.60. The van der Waals surface area contributed by atoms with E-state index in [-0.39, 0.29) is 30.3 Å². The van der Waals surface area contributed by atoms with Crippen LogP contribution in [-0.2, 0) is 9.59 Å². The fourth-order valence-electron chi connectivity index (χ4n) is 4.19. The smallest absolute Gasteiger partial charge is 0.303 e. The van der Waals surface area contributed by atoms with Gasteiger partial charge in [-0.3, -0.25) is 9.59 Å². The molecule has 10 heteroatoms. The van der Waals surface area contributed by atoms with Crippen LogP contribution in [0.1, 0.15) is 42.9 Å². The Morgan fingerprint density at radius 3 is 2.44 bits per heavy atom. The zero-order chi connectivity index (χ0) is 25.8. The number of benzene rings is 2. The number of hydrazone groups is 1.